The number of nitrogens with zero attached hydrogens (tertiary/aromatic N) is 1. The molecule has 0 saturated carbocycles. The normalized spacial score (nSPS) is 15.3. The molecule has 1 heterocycles. The van der Waals surface area contributed by atoms with Crippen LogP contribution in [0.5, 0.6) is 0 Å². The van der Waals surface area contributed by atoms with Crippen molar-refractivity contribution in [2.45, 2.75) is 11.4 Å². The average Bonchev–Trinajstić information content (AvgIpc) is 2.61. The first-order valence-electron chi connectivity index (χ1n) is 4.37. The molecule has 2 aromatic rings. The zero-order valence-corrected chi connectivity index (χ0v) is 9.36. The summed E-state index contributed by atoms with van der Waals surface area (Å²) < 4.78 is 1.26. The number of benzene rings is 1. The predicted octanol–water partition coefficient (Wildman–Crippen LogP) is 2.91. The maximum atomic E-state index is 10.9. The maximum absolute atomic E-state index is 10.9. The van der Waals surface area contributed by atoms with Crippen molar-refractivity contribution in [3.05, 3.63) is 36.5 Å². The van der Waals surface area contributed by atoms with Gasteiger partial charge in [-0.05, 0) is 24.4 Å². The molecule has 3 heteroatoms. The second kappa shape index (κ2) is 3.24. The van der Waals surface area contributed by atoms with Gasteiger partial charge in [0.05, 0.1) is 0 Å². The molecule has 0 aliphatic rings. The Balaban J connectivity index is 2.70. The van der Waals surface area contributed by atoms with Crippen LogP contribution in [0.2, 0.25) is 0 Å². The van der Waals surface area contributed by atoms with E-state index < -0.39 is 4.45 Å². The fraction of sp³-hybridized carbons (Fsp3) is 0.182. The van der Waals surface area contributed by atoms with Crippen LogP contribution in [0.15, 0.2) is 36.5 Å². The lowest BCUT2D eigenvalue weighted by Crippen LogP contribution is -2.22. The second-order valence-electron chi connectivity index (χ2n) is 3.39. The summed E-state index contributed by atoms with van der Waals surface area (Å²) in [5, 5.41) is 1.14. The highest BCUT2D eigenvalue weighted by Crippen LogP contribution is 2.27. The number of alkyl halides is 1. The van der Waals surface area contributed by atoms with Crippen molar-refractivity contribution in [2.75, 3.05) is 0 Å². The zero-order valence-electron chi connectivity index (χ0n) is 7.77. The monoisotopic (exact) mass is 251 g/mol. The van der Waals surface area contributed by atoms with E-state index in [1.165, 1.54) is 0 Å². The number of fused-ring (bicyclic) bond motifs is 1. The number of aromatic nitrogens is 1. The first-order chi connectivity index (χ1) is 6.65. The quantitative estimate of drug-likeness (QED) is 0.595. The summed E-state index contributed by atoms with van der Waals surface area (Å²) in [6.07, 6.45) is 2.80. The van der Waals surface area contributed by atoms with E-state index in [-0.39, 0.29) is 0 Å². The molecule has 0 saturated heterocycles. The lowest BCUT2D eigenvalue weighted by molar-refractivity contribution is -0.111. The van der Waals surface area contributed by atoms with Crippen LogP contribution in [0.25, 0.3) is 10.9 Å². The number of rotatable bonds is 2. The molecule has 1 atom stereocenters. The van der Waals surface area contributed by atoms with Crippen LogP contribution in [0.1, 0.15) is 6.92 Å². The molecule has 0 spiro atoms. The molecule has 0 radical (unpaired) electrons. The summed E-state index contributed by atoms with van der Waals surface area (Å²) in [5.41, 5.74) is 1.05. The molecule has 2 rings (SSSR count). The van der Waals surface area contributed by atoms with Crippen molar-refractivity contribution in [1.29, 1.82) is 0 Å². The Morgan fingerprint density at radius 1 is 1.36 bits per heavy atom. The van der Waals surface area contributed by atoms with Gasteiger partial charge < -0.3 is 4.57 Å². The van der Waals surface area contributed by atoms with Crippen LogP contribution in [-0.2, 0) is 9.24 Å². The first kappa shape index (κ1) is 9.46. The first-order valence-corrected chi connectivity index (χ1v) is 5.16. The minimum absolute atomic E-state index is 0.657. The highest BCUT2D eigenvalue weighted by Gasteiger charge is 2.22. The number of para-hydroxylation sites is 1. The number of hydrogen-bond acceptors (Lipinski definition) is 1. The van der Waals surface area contributed by atoms with E-state index in [0.29, 0.717) is 0 Å². The Labute approximate surface area is 90.7 Å². The molecular formula is C11H10BrNO. The molecule has 0 fully saturated rings. The molecule has 1 aromatic heterocycles. The van der Waals surface area contributed by atoms with Gasteiger partial charge in [0, 0.05) is 11.7 Å². The largest absolute Gasteiger partial charge is 0.325 e. The van der Waals surface area contributed by atoms with Gasteiger partial charge in [0.25, 0.3) is 0 Å². The molecule has 0 aliphatic heterocycles. The van der Waals surface area contributed by atoms with Crippen molar-refractivity contribution in [3.8, 4) is 0 Å². The summed E-state index contributed by atoms with van der Waals surface area (Å²) in [6, 6.07) is 9.97. The van der Waals surface area contributed by atoms with Gasteiger partial charge in [-0.25, -0.2) is 0 Å². The second-order valence-corrected chi connectivity index (χ2v) is 4.99. The Bertz CT molecular complexity index is 473. The smallest absolute Gasteiger partial charge is 0.156 e. The van der Waals surface area contributed by atoms with Gasteiger partial charge in [-0.2, -0.15) is 0 Å². The van der Waals surface area contributed by atoms with Crippen molar-refractivity contribution in [3.63, 3.8) is 0 Å². The van der Waals surface area contributed by atoms with Crippen LogP contribution in [-0.4, -0.2) is 10.9 Å². The fourth-order valence-corrected chi connectivity index (χ4v) is 1.83. The third-order valence-corrected chi connectivity index (χ3v) is 2.85. The lowest BCUT2D eigenvalue weighted by Gasteiger charge is -2.18. The molecule has 72 valence electrons. The summed E-state index contributed by atoms with van der Waals surface area (Å²) in [5.74, 6) is 0. The number of hydrogen-bond donors (Lipinski definition) is 0. The van der Waals surface area contributed by atoms with E-state index in [1.807, 2.05) is 48.0 Å². The highest BCUT2D eigenvalue weighted by atomic mass is 79.9. The van der Waals surface area contributed by atoms with E-state index in [1.54, 1.807) is 0 Å². The van der Waals surface area contributed by atoms with Gasteiger partial charge in [-0.15, -0.1) is 0 Å². The minimum Gasteiger partial charge on any atom is -0.325 e. The van der Waals surface area contributed by atoms with Gasteiger partial charge in [0.2, 0.25) is 0 Å². The lowest BCUT2D eigenvalue weighted by atomic mass is 10.2. The number of carbonyl (C=O) groups excluding carboxylic acids is 1. The van der Waals surface area contributed by atoms with Crippen LogP contribution >= 0.6 is 15.9 Å². The maximum Gasteiger partial charge on any atom is 0.156 e. The van der Waals surface area contributed by atoms with Gasteiger partial charge in [-0.3, -0.25) is 4.79 Å². The fourth-order valence-electron chi connectivity index (χ4n) is 1.52. The van der Waals surface area contributed by atoms with Crippen molar-refractivity contribution in [2.24, 2.45) is 0 Å². The Kier molecular flexibility index (Phi) is 2.19. The molecule has 1 aromatic carbocycles. The van der Waals surface area contributed by atoms with Crippen LogP contribution < -0.4 is 0 Å². The Morgan fingerprint density at radius 2 is 2.07 bits per heavy atom. The van der Waals surface area contributed by atoms with Gasteiger partial charge in [-0.1, -0.05) is 34.1 Å². The molecule has 1 unspecified atom stereocenters. The molecule has 0 N–H and O–H groups in total. The average molecular weight is 252 g/mol. The van der Waals surface area contributed by atoms with Crippen molar-refractivity contribution in [1.82, 2.24) is 4.57 Å². The number of carbonyl (C=O) groups is 1. The minimum atomic E-state index is -0.657. The van der Waals surface area contributed by atoms with Gasteiger partial charge in [0.1, 0.15) is 0 Å². The Morgan fingerprint density at radius 3 is 2.79 bits per heavy atom. The topological polar surface area (TPSA) is 22.0 Å². The summed E-state index contributed by atoms with van der Waals surface area (Å²) >= 11 is 3.38. The number of halogens is 1. The third-order valence-electron chi connectivity index (χ3n) is 2.29. The molecule has 2 nitrogen and oxygen atoms in total. The highest BCUT2D eigenvalue weighted by molar-refractivity contribution is 9.09. The molecular weight excluding hydrogens is 242 g/mol. The summed E-state index contributed by atoms with van der Waals surface area (Å²) in [4.78, 5) is 10.9. The summed E-state index contributed by atoms with van der Waals surface area (Å²) in [7, 11) is 0. The van der Waals surface area contributed by atoms with E-state index >= 15 is 0 Å². The van der Waals surface area contributed by atoms with Crippen LogP contribution in [0.3, 0.4) is 0 Å². The molecule has 0 aliphatic carbocycles. The van der Waals surface area contributed by atoms with E-state index in [9.17, 15) is 4.79 Å². The molecule has 14 heavy (non-hydrogen) atoms. The number of aldehydes is 1. The SMILES string of the molecule is CC(Br)(C=O)n1ccc2ccccc21. The van der Waals surface area contributed by atoms with Crippen LogP contribution in [0.4, 0.5) is 0 Å². The molecule has 0 amide bonds. The predicted molar refractivity (Wildman–Crippen MR) is 60.6 cm³/mol. The van der Waals surface area contributed by atoms with Crippen LogP contribution in [0, 0.1) is 0 Å². The van der Waals surface area contributed by atoms with Crippen molar-refractivity contribution >= 4 is 33.1 Å². The summed E-state index contributed by atoms with van der Waals surface area (Å²) in [6.45, 7) is 1.83. The zero-order chi connectivity index (χ0) is 10.2. The van der Waals surface area contributed by atoms with E-state index in [4.69, 9.17) is 0 Å². The Hall–Kier alpha value is -1.09. The standard InChI is InChI=1S/C11H10BrNO/c1-11(12,8-14)13-7-6-9-4-2-3-5-10(9)13/h2-8H,1H3. The van der Waals surface area contributed by atoms with E-state index in [2.05, 4.69) is 15.9 Å². The van der Waals surface area contributed by atoms with E-state index in [0.717, 1.165) is 17.2 Å². The van der Waals surface area contributed by atoms with Gasteiger partial charge in [0.15, 0.2) is 10.7 Å². The third kappa shape index (κ3) is 1.38. The van der Waals surface area contributed by atoms with Gasteiger partial charge >= 0.3 is 0 Å². The molecule has 0 bridgehead atoms. The van der Waals surface area contributed by atoms with Crippen molar-refractivity contribution < 1.29 is 4.79 Å².